The summed E-state index contributed by atoms with van der Waals surface area (Å²) in [5, 5.41) is 3.22. The highest BCUT2D eigenvalue weighted by Gasteiger charge is 2.12. The molecule has 1 aliphatic heterocycles. The zero-order valence-electron chi connectivity index (χ0n) is 11.9. The van der Waals surface area contributed by atoms with Gasteiger partial charge in [0.2, 0.25) is 0 Å². The molecule has 0 amide bonds. The van der Waals surface area contributed by atoms with Crippen LogP contribution >= 0.6 is 27.7 Å². The van der Waals surface area contributed by atoms with Crippen molar-refractivity contribution in [1.29, 1.82) is 0 Å². The van der Waals surface area contributed by atoms with Crippen LogP contribution in [-0.2, 0) is 6.54 Å². The van der Waals surface area contributed by atoms with Crippen molar-refractivity contribution in [3.63, 3.8) is 0 Å². The van der Waals surface area contributed by atoms with Crippen molar-refractivity contribution in [1.82, 2.24) is 9.97 Å². The maximum absolute atomic E-state index is 13.4. The third-order valence-electron chi connectivity index (χ3n) is 3.38. The van der Waals surface area contributed by atoms with Gasteiger partial charge in [-0.1, -0.05) is 15.9 Å². The number of halogens is 2. The summed E-state index contributed by atoms with van der Waals surface area (Å²) in [5.74, 6) is 3.70. The van der Waals surface area contributed by atoms with Crippen molar-refractivity contribution in [2.45, 2.75) is 6.54 Å². The van der Waals surface area contributed by atoms with Crippen molar-refractivity contribution in [3.8, 4) is 0 Å². The second-order valence-electron chi connectivity index (χ2n) is 4.99. The Balaban J connectivity index is 1.67. The normalized spacial score (nSPS) is 14.9. The molecule has 2 heterocycles. The second-order valence-corrected chi connectivity index (χ2v) is 7.13. The van der Waals surface area contributed by atoms with Gasteiger partial charge in [-0.3, -0.25) is 0 Å². The number of benzene rings is 1. The number of nitrogens with one attached hydrogen (secondary N) is 1. The van der Waals surface area contributed by atoms with Crippen LogP contribution in [0.3, 0.4) is 0 Å². The van der Waals surface area contributed by atoms with E-state index in [9.17, 15) is 4.39 Å². The molecule has 4 nitrogen and oxygen atoms in total. The molecule has 1 fully saturated rings. The molecule has 116 valence electrons. The number of hydrogen-bond acceptors (Lipinski definition) is 5. The maximum Gasteiger partial charge on any atom is 0.134 e. The highest BCUT2D eigenvalue weighted by molar-refractivity contribution is 9.10. The Labute approximate surface area is 141 Å². The molecule has 0 bridgehead atoms. The highest BCUT2D eigenvalue weighted by Crippen LogP contribution is 2.20. The predicted octanol–water partition coefficient (Wildman–Crippen LogP) is 3.54. The summed E-state index contributed by atoms with van der Waals surface area (Å²) in [6.45, 7) is 2.54. The van der Waals surface area contributed by atoms with Crippen LogP contribution in [0.15, 0.2) is 35.1 Å². The van der Waals surface area contributed by atoms with Crippen LogP contribution < -0.4 is 10.2 Å². The molecule has 1 aliphatic rings. The lowest BCUT2D eigenvalue weighted by Gasteiger charge is -2.27. The minimum atomic E-state index is -0.250. The largest absolute Gasteiger partial charge is 0.366 e. The summed E-state index contributed by atoms with van der Waals surface area (Å²) >= 11 is 5.27. The molecule has 1 aromatic heterocycles. The van der Waals surface area contributed by atoms with Gasteiger partial charge in [0, 0.05) is 41.7 Å². The summed E-state index contributed by atoms with van der Waals surface area (Å²) in [7, 11) is 0. The van der Waals surface area contributed by atoms with Crippen LogP contribution in [0, 0.1) is 5.82 Å². The number of hydrogen-bond donors (Lipinski definition) is 1. The lowest BCUT2D eigenvalue weighted by Crippen LogP contribution is -2.33. The first-order chi connectivity index (χ1) is 10.7. The molecule has 1 N–H and O–H groups in total. The van der Waals surface area contributed by atoms with E-state index in [0.717, 1.165) is 46.3 Å². The monoisotopic (exact) mass is 382 g/mol. The van der Waals surface area contributed by atoms with Crippen LogP contribution in [0.1, 0.15) is 5.56 Å². The van der Waals surface area contributed by atoms with E-state index in [2.05, 4.69) is 36.1 Å². The average molecular weight is 383 g/mol. The summed E-state index contributed by atoms with van der Waals surface area (Å²) in [6.07, 6.45) is 1.57. The molecule has 7 heteroatoms. The van der Waals surface area contributed by atoms with Crippen molar-refractivity contribution in [2.24, 2.45) is 0 Å². The van der Waals surface area contributed by atoms with Crippen molar-refractivity contribution < 1.29 is 4.39 Å². The quantitative estimate of drug-likeness (QED) is 0.875. The molecule has 0 spiro atoms. The number of rotatable bonds is 4. The molecular formula is C15H16BrFN4S. The number of aromatic nitrogens is 2. The third-order valence-corrected chi connectivity index (χ3v) is 4.78. The molecule has 2 aromatic rings. The molecule has 0 unspecified atom stereocenters. The molecule has 0 atom stereocenters. The number of anilines is 2. The van der Waals surface area contributed by atoms with Gasteiger partial charge in [0.15, 0.2) is 0 Å². The van der Waals surface area contributed by atoms with Crippen LogP contribution in [0.25, 0.3) is 0 Å². The fraction of sp³-hybridized carbons (Fsp3) is 0.333. The summed E-state index contributed by atoms with van der Waals surface area (Å²) in [4.78, 5) is 10.8. The van der Waals surface area contributed by atoms with Gasteiger partial charge in [0.25, 0.3) is 0 Å². The molecule has 0 saturated carbocycles. The zero-order valence-corrected chi connectivity index (χ0v) is 14.3. The molecule has 3 rings (SSSR count). The van der Waals surface area contributed by atoms with Gasteiger partial charge >= 0.3 is 0 Å². The minimum absolute atomic E-state index is 0.250. The first-order valence-electron chi connectivity index (χ1n) is 7.04. The van der Waals surface area contributed by atoms with Crippen molar-refractivity contribution in [2.75, 3.05) is 34.8 Å². The Morgan fingerprint density at radius 3 is 2.77 bits per heavy atom. The smallest absolute Gasteiger partial charge is 0.134 e. The first kappa shape index (κ1) is 15.6. The van der Waals surface area contributed by atoms with Crippen LogP contribution in [0.2, 0.25) is 0 Å². The van der Waals surface area contributed by atoms with E-state index in [1.54, 1.807) is 6.33 Å². The van der Waals surface area contributed by atoms with E-state index in [4.69, 9.17) is 0 Å². The van der Waals surface area contributed by atoms with E-state index in [-0.39, 0.29) is 5.82 Å². The van der Waals surface area contributed by atoms with E-state index in [0.29, 0.717) is 6.54 Å². The molecule has 0 aliphatic carbocycles. The second kappa shape index (κ2) is 7.28. The Bertz CT molecular complexity index is 629. The van der Waals surface area contributed by atoms with E-state index >= 15 is 0 Å². The summed E-state index contributed by atoms with van der Waals surface area (Å²) < 4.78 is 14.1. The molecule has 0 radical (unpaired) electrons. The Hall–Kier alpha value is -1.34. The van der Waals surface area contributed by atoms with Gasteiger partial charge in [-0.15, -0.1) is 0 Å². The van der Waals surface area contributed by atoms with Gasteiger partial charge in [-0.05, 0) is 23.8 Å². The Morgan fingerprint density at radius 2 is 2.00 bits per heavy atom. The van der Waals surface area contributed by atoms with Crippen LogP contribution in [-0.4, -0.2) is 34.6 Å². The Kier molecular flexibility index (Phi) is 5.15. The van der Waals surface area contributed by atoms with Crippen molar-refractivity contribution >= 4 is 39.3 Å². The first-order valence-corrected chi connectivity index (χ1v) is 8.99. The lowest BCUT2D eigenvalue weighted by atomic mass is 10.2. The number of nitrogens with zero attached hydrogens (tertiary/aromatic N) is 3. The number of thioether (sulfide) groups is 1. The summed E-state index contributed by atoms with van der Waals surface area (Å²) in [5.41, 5.74) is 0.862. The van der Waals surface area contributed by atoms with E-state index < -0.39 is 0 Å². The van der Waals surface area contributed by atoms with Gasteiger partial charge in [0.1, 0.15) is 23.8 Å². The predicted molar refractivity (Wildman–Crippen MR) is 93.0 cm³/mol. The highest BCUT2D eigenvalue weighted by atomic mass is 79.9. The molecular weight excluding hydrogens is 367 g/mol. The zero-order chi connectivity index (χ0) is 15.4. The lowest BCUT2D eigenvalue weighted by molar-refractivity contribution is 0.625. The van der Waals surface area contributed by atoms with Crippen LogP contribution in [0.4, 0.5) is 16.0 Å². The van der Waals surface area contributed by atoms with Gasteiger partial charge < -0.3 is 10.2 Å². The Morgan fingerprint density at radius 1 is 1.18 bits per heavy atom. The van der Waals surface area contributed by atoms with Crippen molar-refractivity contribution in [3.05, 3.63) is 46.4 Å². The molecule has 22 heavy (non-hydrogen) atoms. The average Bonchev–Trinajstić information content (AvgIpc) is 2.53. The van der Waals surface area contributed by atoms with E-state index in [1.807, 2.05) is 23.9 Å². The molecule has 1 saturated heterocycles. The fourth-order valence-electron chi connectivity index (χ4n) is 2.31. The minimum Gasteiger partial charge on any atom is -0.366 e. The fourth-order valence-corrected chi connectivity index (χ4v) is 3.73. The molecule has 1 aromatic carbocycles. The topological polar surface area (TPSA) is 41.0 Å². The standard InChI is InChI=1S/C15H16BrFN4S/c16-12-5-11(6-13(17)7-12)9-18-14-8-15(20-10-19-14)21-1-3-22-4-2-21/h5-8,10H,1-4,9H2,(H,18,19,20). The third kappa shape index (κ3) is 4.10. The van der Waals surface area contributed by atoms with Gasteiger partial charge in [0.05, 0.1) is 0 Å². The SMILES string of the molecule is Fc1cc(Br)cc(CNc2cc(N3CCSCC3)ncn2)c1. The maximum atomic E-state index is 13.4. The van der Waals surface area contributed by atoms with Gasteiger partial charge in [-0.2, -0.15) is 11.8 Å². The van der Waals surface area contributed by atoms with Crippen LogP contribution in [0.5, 0.6) is 0 Å². The van der Waals surface area contributed by atoms with Gasteiger partial charge in [-0.25, -0.2) is 14.4 Å². The summed E-state index contributed by atoms with van der Waals surface area (Å²) in [6, 6.07) is 6.80. The van der Waals surface area contributed by atoms with E-state index in [1.165, 1.54) is 12.1 Å².